The minimum absolute atomic E-state index is 0.0873. The average molecular weight is 238 g/mol. The summed E-state index contributed by atoms with van der Waals surface area (Å²) in [5.74, 6) is -0.350. The normalized spacial score (nSPS) is 10.5. The van der Waals surface area contributed by atoms with E-state index in [4.69, 9.17) is 10.8 Å². The Hall–Kier alpha value is -1.89. The SMILES string of the molecule is Nc1[nH]ncc1-c1nc(CCC(=O)O)cs1. The molecule has 6 nitrogen and oxygen atoms in total. The molecule has 0 aliphatic heterocycles. The molecule has 0 saturated carbocycles. The van der Waals surface area contributed by atoms with Gasteiger partial charge in [-0.05, 0) is 0 Å². The van der Waals surface area contributed by atoms with E-state index in [9.17, 15) is 4.79 Å². The van der Waals surface area contributed by atoms with Crippen molar-refractivity contribution in [3.05, 3.63) is 17.3 Å². The Kier molecular flexibility index (Phi) is 2.86. The van der Waals surface area contributed by atoms with Crippen molar-refractivity contribution in [1.82, 2.24) is 15.2 Å². The van der Waals surface area contributed by atoms with Crippen LogP contribution in [-0.2, 0) is 11.2 Å². The van der Waals surface area contributed by atoms with E-state index in [1.165, 1.54) is 11.3 Å². The number of nitrogens with one attached hydrogen (secondary N) is 1. The maximum absolute atomic E-state index is 10.4. The number of H-pyrrole nitrogens is 1. The Morgan fingerprint density at radius 3 is 3.06 bits per heavy atom. The predicted octanol–water partition coefficient (Wildman–Crippen LogP) is 1.13. The Morgan fingerprint density at radius 1 is 1.62 bits per heavy atom. The van der Waals surface area contributed by atoms with Gasteiger partial charge in [-0.3, -0.25) is 9.89 Å². The number of aryl methyl sites for hydroxylation is 1. The van der Waals surface area contributed by atoms with Crippen molar-refractivity contribution in [1.29, 1.82) is 0 Å². The Bertz CT molecular complexity index is 505. The number of carboxylic acids is 1. The number of hydrogen-bond donors (Lipinski definition) is 3. The number of hydrogen-bond acceptors (Lipinski definition) is 5. The summed E-state index contributed by atoms with van der Waals surface area (Å²) in [4.78, 5) is 14.7. The lowest BCUT2D eigenvalue weighted by molar-refractivity contribution is -0.136. The van der Waals surface area contributed by atoms with Crippen LogP contribution in [0.5, 0.6) is 0 Å². The van der Waals surface area contributed by atoms with E-state index in [0.29, 0.717) is 12.2 Å². The fraction of sp³-hybridized carbons (Fsp3) is 0.222. The molecule has 0 atom stereocenters. The van der Waals surface area contributed by atoms with Gasteiger partial charge in [0.15, 0.2) is 0 Å². The van der Waals surface area contributed by atoms with Crippen molar-refractivity contribution in [2.24, 2.45) is 0 Å². The number of carboxylic acid groups (broad SMARTS) is 1. The van der Waals surface area contributed by atoms with Gasteiger partial charge in [0, 0.05) is 11.8 Å². The Morgan fingerprint density at radius 2 is 2.44 bits per heavy atom. The van der Waals surface area contributed by atoms with Crippen LogP contribution < -0.4 is 5.73 Å². The first-order chi connectivity index (χ1) is 7.66. The molecule has 7 heteroatoms. The van der Waals surface area contributed by atoms with Crippen LogP contribution in [0.3, 0.4) is 0 Å². The summed E-state index contributed by atoms with van der Waals surface area (Å²) in [5.41, 5.74) is 7.18. The maximum Gasteiger partial charge on any atom is 0.303 e. The number of thiazole rings is 1. The van der Waals surface area contributed by atoms with Crippen LogP contribution in [-0.4, -0.2) is 26.3 Å². The van der Waals surface area contributed by atoms with Gasteiger partial charge >= 0.3 is 5.97 Å². The highest BCUT2D eigenvalue weighted by Crippen LogP contribution is 2.27. The topological polar surface area (TPSA) is 105 Å². The Labute approximate surface area is 95.1 Å². The zero-order valence-corrected chi connectivity index (χ0v) is 9.12. The second-order valence-corrected chi connectivity index (χ2v) is 4.09. The van der Waals surface area contributed by atoms with Crippen LogP contribution in [0, 0.1) is 0 Å². The average Bonchev–Trinajstić information content (AvgIpc) is 2.83. The van der Waals surface area contributed by atoms with Gasteiger partial charge in [-0.2, -0.15) is 5.10 Å². The van der Waals surface area contributed by atoms with E-state index in [0.717, 1.165) is 16.3 Å². The molecule has 0 amide bonds. The molecule has 2 aromatic rings. The van der Waals surface area contributed by atoms with E-state index in [1.54, 1.807) is 6.20 Å². The molecular formula is C9H10N4O2S. The Balaban J connectivity index is 2.14. The highest BCUT2D eigenvalue weighted by Gasteiger charge is 2.10. The van der Waals surface area contributed by atoms with Gasteiger partial charge in [0.2, 0.25) is 0 Å². The van der Waals surface area contributed by atoms with Gasteiger partial charge in [-0.25, -0.2) is 4.98 Å². The standard InChI is InChI=1S/C9H10N4O2S/c10-8-6(3-11-13-8)9-12-5(4-16-9)1-2-7(14)15/h3-4H,1-2H2,(H,14,15)(H3,10,11,13). The number of nitrogen functional groups attached to an aromatic ring is 1. The molecule has 16 heavy (non-hydrogen) atoms. The van der Waals surface area contributed by atoms with Crippen LogP contribution in [0.15, 0.2) is 11.6 Å². The second kappa shape index (κ2) is 4.31. The van der Waals surface area contributed by atoms with Gasteiger partial charge in [-0.15, -0.1) is 11.3 Å². The predicted molar refractivity (Wildman–Crippen MR) is 60.1 cm³/mol. The summed E-state index contributed by atoms with van der Waals surface area (Å²) in [6.45, 7) is 0. The van der Waals surface area contributed by atoms with E-state index in [2.05, 4.69) is 15.2 Å². The third-order valence-electron chi connectivity index (χ3n) is 2.05. The molecule has 2 heterocycles. The summed E-state index contributed by atoms with van der Waals surface area (Å²) in [7, 11) is 0. The van der Waals surface area contributed by atoms with Crippen molar-refractivity contribution in [3.8, 4) is 10.6 Å². The molecule has 4 N–H and O–H groups in total. The van der Waals surface area contributed by atoms with E-state index in [-0.39, 0.29) is 6.42 Å². The molecular weight excluding hydrogens is 228 g/mol. The van der Waals surface area contributed by atoms with Gasteiger partial charge < -0.3 is 10.8 Å². The molecule has 0 saturated heterocycles. The smallest absolute Gasteiger partial charge is 0.303 e. The lowest BCUT2D eigenvalue weighted by Crippen LogP contribution is -1.97. The minimum atomic E-state index is -0.822. The number of aromatic amines is 1. The monoisotopic (exact) mass is 238 g/mol. The third-order valence-corrected chi connectivity index (χ3v) is 2.97. The number of nitrogens with two attached hydrogens (primary N) is 1. The zero-order chi connectivity index (χ0) is 11.5. The van der Waals surface area contributed by atoms with Crippen molar-refractivity contribution >= 4 is 23.1 Å². The number of rotatable bonds is 4. The fourth-order valence-corrected chi connectivity index (χ4v) is 2.12. The lowest BCUT2D eigenvalue weighted by Gasteiger charge is -1.92. The van der Waals surface area contributed by atoms with Crippen molar-refractivity contribution < 1.29 is 9.90 Å². The molecule has 2 aromatic heterocycles. The first-order valence-corrected chi connectivity index (χ1v) is 5.50. The molecule has 0 spiro atoms. The van der Waals surface area contributed by atoms with Gasteiger partial charge in [-0.1, -0.05) is 0 Å². The highest BCUT2D eigenvalue weighted by atomic mass is 32.1. The lowest BCUT2D eigenvalue weighted by atomic mass is 10.2. The molecule has 0 aliphatic rings. The first-order valence-electron chi connectivity index (χ1n) is 4.62. The van der Waals surface area contributed by atoms with Crippen LogP contribution in [0.2, 0.25) is 0 Å². The molecule has 0 fully saturated rings. The molecule has 0 bridgehead atoms. The van der Waals surface area contributed by atoms with Crippen molar-refractivity contribution in [2.45, 2.75) is 12.8 Å². The molecule has 0 aromatic carbocycles. The second-order valence-electron chi connectivity index (χ2n) is 3.24. The summed E-state index contributed by atoms with van der Waals surface area (Å²) >= 11 is 1.43. The van der Waals surface area contributed by atoms with Crippen LogP contribution in [0.4, 0.5) is 5.82 Å². The van der Waals surface area contributed by atoms with Crippen LogP contribution in [0.1, 0.15) is 12.1 Å². The van der Waals surface area contributed by atoms with E-state index >= 15 is 0 Å². The number of nitrogens with zero attached hydrogens (tertiary/aromatic N) is 2. The summed E-state index contributed by atoms with van der Waals surface area (Å²) in [6, 6.07) is 0. The largest absolute Gasteiger partial charge is 0.481 e. The first kappa shape index (κ1) is 10.6. The molecule has 84 valence electrons. The number of aliphatic carboxylic acids is 1. The van der Waals surface area contributed by atoms with E-state index < -0.39 is 5.97 Å². The van der Waals surface area contributed by atoms with Gasteiger partial charge in [0.1, 0.15) is 10.8 Å². The van der Waals surface area contributed by atoms with E-state index in [1.807, 2.05) is 5.38 Å². The number of carbonyl (C=O) groups is 1. The van der Waals surface area contributed by atoms with Crippen LogP contribution in [0.25, 0.3) is 10.6 Å². The maximum atomic E-state index is 10.4. The highest BCUT2D eigenvalue weighted by molar-refractivity contribution is 7.13. The quantitative estimate of drug-likeness (QED) is 0.740. The number of aromatic nitrogens is 3. The molecule has 0 unspecified atom stereocenters. The summed E-state index contributed by atoms with van der Waals surface area (Å²) in [5, 5.41) is 17.6. The zero-order valence-electron chi connectivity index (χ0n) is 8.30. The molecule has 0 radical (unpaired) electrons. The number of anilines is 1. The summed E-state index contributed by atoms with van der Waals surface area (Å²) in [6.07, 6.45) is 2.13. The van der Waals surface area contributed by atoms with Crippen molar-refractivity contribution in [2.75, 3.05) is 5.73 Å². The van der Waals surface area contributed by atoms with Crippen molar-refractivity contribution in [3.63, 3.8) is 0 Å². The third kappa shape index (κ3) is 2.19. The molecule has 2 rings (SSSR count). The fourth-order valence-electron chi connectivity index (χ4n) is 1.25. The van der Waals surface area contributed by atoms with Crippen LogP contribution >= 0.6 is 11.3 Å². The van der Waals surface area contributed by atoms with Gasteiger partial charge in [0.25, 0.3) is 0 Å². The molecule has 0 aliphatic carbocycles. The minimum Gasteiger partial charge on any atom is -0.481 e. The van der Waals surface area contributed by atoms with Gasteiger partial charge in [0.05, 0.1) is 23.9 Å². The summed E-state index contributed by atoms with van der Waals surface area (Å²) < 4.78 is 0.